The number of aryl methyl sites for hydroxylation is 1. The van der Waals surface area contributed by atoms with E-state index in [4.69, 9.17) is 11.6 Å². The number of nitrogens with one attached hydrogen (secondary N) is 1. The quantitative estimate of drug-likeness (QED) is 0.249. The molecular formula is C33H35ClN4O3S. The van der Waals surface area contributed by atoms with Crippen molar-refractivity contribution >= 4 is 33.2 Å². The highest BCUT2D eigenvalue weighted by Gasteiger charge is 2.46. The van der Waals surface area contributed by atoms with Gasteiger partial charge in [0, 0.05) is 42.1 Å². The molecule has 1 aromatic heterocycles. The normalized spacial score (nSPS) is 21.0. The second kappa shape index (κ2) is 11.0. The number of carbonyl (C=O) groups is 1. The third-order valence-electron chi connectivity index (χ3n) is 8.74. The number of hydrogen-bond acceptors (Lipinski definition) is 4. The first-order valence-corrected chi connectivity index (χ1v) is 16.1. The van der Waals surface area contributed by atoms with Gasteiger partial charge in [-0.15, -0.1) is 0 Å². The van der Waals surface area contributed by atoms with Crippen LogP contribution in [0.3, 0.4) is 0 Å². The summed E-state index contributed by atoms with van der Waals surface area (Å²) in [6.07, 6.45) is 5.86. The second-order valence-electron chi connectivity index (χ2n) is 12.1. The summed E-state index contributed by atoms with van der Waals surface area (Å²) >= 11 is 6.11. The molecule has 0 spiro atoms. The Bertz CT molecular complexity index is 1730. The molecule has 0 bridgehead atoms. The van der Waals surface area contributed by atoms with Gasteiger partial charge in [-0.3, -0.25) is 4.79 Å². The summed E-state index contributed by atoms with van der Waals surface area (Å²) in [5.41, 5.74) is 3.74. The zero-order chi connectivity index (χ0) is 29.6. The second-order valence-corrected chi connectivity index (χ2v) is 14.2. The molecule has 1 saturated carbocycles. The predicted octanol–water partition coefficient (Wildman–Crippen LogP) is 6.50. The van der Waals surface area contributed by atoms with Gasteiger partial charge in [0.25, 0.3) is 0 Å². The van der Waals surface area contributed by atoms with E-state index in [0.717, 1.165) is 35.5 Å². The fourth-order valence-electron chi connectivity index (χ4n) is 6.15. The number of sulfonamides is 1. The number of fused-ring (bicyclic) bond motifs is 1. The van der Waals surface area contributed by atoms with Gasteiger partial charge in [0.2, 0.25) is 15.9 Å². The molecule has 0 radical (unpaired) electrons. The molecule has 6 rings (SSSR count). The molecule has 7 nitrogen and oxygen atoms in total. The lowest BCUT2D eigenvalue weighted by atomic mass is 9.71. The van der Waals surface area contributed by atoms with Crippen molar-refractivity contribution in [1.29, 1.82) is 0 Å². The molecule has 218 valence electrons. The highest BCUT2D eigenvalue weighted by Crippen LogP contribution is 2.49. The minimum atomic E-state index is -3.83. The molecule has 1 heterocycles. The van der Waals surface area contributed by atoms with Crippen LogP contribution in [0.1, 0.15) is 67.6 Å². The summed E-state index contributed by atoms with van der Waals surface area (Å²) in [4.78, 5) is 20.6. The maximum atomic E-state index is 14.1. The average Bonchev–Trinajstić information content (AvgIpc) is 3.68. The van der Waals surface area contributed by atoms with Gasteiger partial charge in [-0.05, 0) is 77.6 Å². The molecule has 3 aromatic carbocycles. The minimum Gasteiger partial charge on any atom is -0.337 e. The molecule has 1 N–H and O–H groups in total. The summed E-state index contributed by atoms with van der Waals surface area (Å²) < 4.78 is 31.7. The molecule has 2 aliphatic carbocycles. The van der Waals surface area contributed by atoms with Crippen molar-refractivity contribution in [3.8, 4) is 0 Å². The van der Waals surface area contributed by atoms with E-state index < -0.39 is 16.1 Å². The molecule has 4 aromatic rings. The number of halogens is 1. The molecule has 9 heteroatoms. The van der Waals surface area contributed by atoms with Gasteiger partial charge in [-0.25, -0.2) is 18.1 Å². The number of anilines is 1. The van der Waals surface area contributed by atoms with Gasteiger partial charge in [-0.1, -0.05) is 67.9 Å². The molecule has 3 atom stereocenters. The number of amides is 1. The topological polar surface area (TPSA) is 84.3 Å². The van der Waals surface area contributed by atoms with Crippen molar-refractivity contribution in [2.45, 2.75) is 61.9 Å². The molecule has 2 aliphatic rings. The van der Waals surface area contributed by atoms with E-state index in [1.54, 1.807) is 24.4 Å². The first-order chi connectivity index (χ1) is 20.0. The lowest BCUT2D eigenvalue weighted by molar-refractivity contribution is -0.120. The highest BCUT2D eigenvalue weighted by molar-refractivity contribution is 7.89. The van der Waals surface area contributed by atoms with E-state index in [0.29, 0.717) is 18.0 Å². The number of nitrogens with zero attached hydrogens (tertiary/aromatic N) is 3. The Balaban J connectivity index is 1.36. The molecule has 1 unspecified atom stereocenters. The number of benzene rings is 3. The van der Waals surface area contributed by atoms with Crippen molar-refractivity contribution in [3.05, 3.63) is 113 Å². The van der Waals surface area contributed by atoms with Crippen LogP contribution in [0.25, 0.3) is 0 Å². The number of hydrogen-bond donors (Lipinski definition) is 1. The minimum absolute atomic E-state index is 0.0536. The molecule has 42 heavy (non-hydrogen) atoms. The fraction of sp³-hybridized carbons (Fsp3) is 0.333. The van der Waals surface area contributed by atoms with Crippen LogP contribution in [0.15, 0.2) is 90.1 Å². The third kappa shape index (κ3) is 5.63. The van der Waals surface area contributed by atoms with Crippen LogP contribution < -0.4 is 9.62 Å². The van der Waals surface area contributed by atoms with Crippen LogP contribution in [0.4, 0.5) is 5.69 Å². The monoisotopic (exact) mass is 602 g/mol. The molecule has 0 saturated heterocycles. The molecule has 1 amide bonds. The summed E-state index contributed by atoms with van der Waals surface area (Å²) in [5.74, 6) is 0.906. The largest absolute Gasteiger partial charge is 0.337 e. The number of aromatic nitrogens is 2. The van der Waals surface area contributed by atoms with Crippen LogP contribution >= 0.6 is 11.6 Å². The lowest BCUT2D eigenvalue weighted by Crippen LogP contribution is -2.37. The highest BCUT2D eigenvalue weighted by atomic mass is 35.5. The zero-order valence-corrected chi connectivity index (χ0v) is 25.6. The van der Waals surface area contributed by atoms with Crippen molar-refractivity contribution in [1.82, 2.24) is 14.3 Å². The van der Waals surface area contributed by atoms with Gasteiger partial charge < -0.3 is 9.47 Å². The van der Waals surface area contributed by atoms with Gasteiger partial charge in [0.15, 0.2) is 0 Å². The third-order valence-corrected chi connectivity index (χ3v) is 10.4. The Morgan fingerprint density at radius 2 is 1.88 bits per heavy atom. The molecule has 0 aliphatic heterocycles. The van der Waals surface area contributed by atoms with E-state index in [-0.39, 0.29) is 28.1 Å². The smallest absolute Gasteiger partial charge is 0.241 e. The van der Waals surface area contributed by atoms with Crippen LogP contribution in [0.2, 0.25) is 5.02 Å². The van der Waals surface area contributed by atoms with Gasteiger partial charge in [-0.2, -0.15) is 0 Å². The Morgan fingerprint density at radius 1 is 1.10 bits per heavy atom. The number of carbonyl (C=O) groups excluding carboxylic acids is 1. The van der Waals surface area contributed by atoms with Crippen molar-refractivity contribution < 1.29 is 13.2 Å². The number of rotatable bonds is 8. The van der Waals surface area contributed by atoms with Crippen LogP contribution in [0, 0.1) is 5.92 Å². The van der Waals surface area contributed by atoms with E-state index >= 15 is 0 Å². The summed E-state index contributed by atoms with van der Waals surface area (Å²) in [5, 5.41) is 0.364. The van der Waals surface area contributed by atoms with E-state index in [2.05, 4.69) is 41.8 Å². The van der Waals surface area contributed by atoms with Crippen molar-refractivity contribution in [2.24, 2.45) is 13.0 Å². The van der Waals surface area contributed by atoms with Crippen LogP contribution in [-0.2, 0) is 33.8 Å². The number of imidazole rings is 1. The summed E-state index contributed by atoms with van der Waals surface area (Å²) in [7, 11) is -1.91. The Labute approximate surface area is 252 Å². The van der Waals surface area contributed by atoms with Gasteiger partial charge >= 0.3 is 0 Å². The Kier molecular flexibility index (Phi) is 7.50. The first-order valence-electron chi connectivity index (χ1n) is 14.3. The van der Waals surface area contributed by atoms with E-state index in [1.165, 1.54) is 11.6 Å². The maximum Gasteiger partial charge on any atom is 0.241 e. The van der Waals surface area contributed by atoms with Crippen LogP contribution in [-0.4, -0.2) is 23.9 Å². The fourth-order valence-corrected chi connectivity index (χ4v) is 7.70. The summed E-state index contributed by atoms with van der Waals surface area (Å²) in [6, 6.07) is 22.1. The van der Waals surface area contributed by atoms with Crippen molar-refractivity contribution in [2.75, 3.05) is 4.90 Å². The first kappa shape index (κ1) is 28.6. The average molecular weight is 603 g/mol. The van der Waals surface area contributed by atoms with E-state index in [1.807, 2.05) is 53.0 Å². The van der Waals surface area contributed by atoms with E-state index in [9.17, 15) is 13.2 Å². The maximum absolute atomic E-state index is 14.1. The zero-order valence-electron chi connectivity index (χ0n) is 24.0. The lowest BCUT2D eigenvalue weighted by Gasteiger charge is -2.38. The van der Waals surface area contributed by atoms with Gasteiger partial charge in [0.05, 0.1) is 11.4 Å². The molecule has 1 fully saturated rings. The van der Waals surface area contributed by atoms with Gasteiger partial charge in [0.1, 0.15) is 5.82 Å². The SMILES string of the molecule is Cn1ccnc1CN(C(=O)C1C[C@@H]1c1ccccc1)c1ccc2c(c1)[C@@H](NS(=O)(=O)c1cccc(Cl)c1)CCC2(C)C. The Morgan fingerprint density at radius 3 is 2.60 bits per heavy atom. The Hall–Kier alpha value is -3.46. The summed E-state index contributed by atoms with van der Waals surface area (Å²) in [6.45, 7) is 4.68. The molecular weight excluding hydrogens is 568 g/mol. The van der Waals surface area contributed by atoms with Crippen molar-refractivity contribution in [3.63, 3.8) is 0 Å². The standard InChI is InChI=1S/C33H35ClN4O3S/c1-33(2)15-14-30(36-42(40,41)25-11-7-10-23(34)18-25)28-19-24(12-13-29(28)33)38(21-31-35-16-17-37(31)3)32(39)27-20-26(27)22-8-5-4-6-9-22/h4-13,16-19,26-27,30,36H,14-15,20-21H2,1-3H3/t26-,27?,30+/m1/s1. The predicted molar refractivity (Wildman–Crippen MR) is 165 cm³/mol. The van der Waals surface area contributed by atoms with Crippen LogP contribution in [0.5, 0.6) is 0 Å².